The summed E-state index contributed by atoms with van der Waals surface area (Å²) in [5, 5.41) is 22.4. The Balaban J connectivity index is 1.89. The number of carbonyl (C=O) groups is 2. The minimum atomic E-state index is -1.14. The number of carboxylic acids is 1. The fraction of sp³-hybridized carbons (Fsp3) is 0.269. The van der Waals surface area contributed by atoms with E-state index in [0.29, 0.717) is 28.8 Å². The Morgan fingerprint density at radius 2 is 1.97 bits per heavy atom. The number of hydrogen-bond donors (Lipinski definition) is 1. The van der Waals surface area contributed by atoms with E-state index >= 15 is 0 Å². The van der Waals surface area contributed by atoms with Gasteiger partial charge in [0.2, 0.25) is 0 Å². The van der Waals surface area contributed by atoms with Crippen LogP contribution in [0.15, 0.2) is 41.2 Å². The summed E-state index contributed by atoms with van der Waals surface area (Å²) in [4.78, 5) is 34.8. The number of benzene rings is 2. The third kappa shape index (κ3) is 7.15. The van der Waals surface area contributed by atoms with Crippen molar-refractivity contribution in [3.8, 4) is 17.6 Å². The van der Waals surface area contributed by atoms with Crippen LogP contribution in [0.25, 0.3) is 0 Å². The summed E-state index contributed by atoms with van der Waals surface area (Å²) in [6, 6.07) is 10.8. The van der Waals surface area contributed by atoms with Crippen molar-refractivity contribution >= 4 is 23.5 Å². The SMILES string of the molecule is CCc1c(Cc2cc(C)c(=O)n(COC(=O)CCC(=O)O)n2)ccc(F)c1Oc1cc(Cl)cc(C#N)c1. The Bertz CT molecular complexity index is 1450. The molecule has 2 aromatic carbocycles. The molecule has 0 aliphatic carbocycles. The fourth-order valence-electron chi connectivity index (χ4n) is 3.64. The number of ether oxygens (including phenoxy) is 2. The third-order valence-electron chi connectivity index (χ3n) is 5.35. The van der Waals surface area contributed by atoms with Crippen LogP contribution in [0.5, 0.6) is 11.5 Å². The number of hydrogen-bond acceptors (Lipinski definition) is 7. The van der Waals surface area contributed by atoms with Crippen LogP contribution in [0.3, 0.4) is 0 Å². The first-order valence-corrected chi connectivity index (χ1v) is 11.6. The molecule has 0 spiro atoms. The van der Waals surface area contributed by atoms with Gasteiger partial charge in [-0.1, -0.05) is 24.6 Å². The molecule has 1 N–H and O–H groups in total. The molecule has 192 valence electrons. The van der Waals surface area contributed by atoms with Gasteiger partial charge in [0, 0.05) is 22.6 Å². The van der Waals surface area contributed by atoms with Crippen molar-refractivity contribution in [2.75, 3.05) is 0 Å². The Morgan fingerprint density at radius 1 is 1.22 bits per heavy atom. The number of carboxylic acid groups (broad SMARTS) is 1. The number of aromatic nitrogens is 2. The van der Waals surface area contributed by atoms with Gasteiger partial charge in [0.15, 0.2) is 18.3 Å². The predicted molar refractivity (Wildman–Crippen MR) is 131 cm³/mol. The molecular weight excluding hydrogens is 505 g/mol. The van der Waals surface area contributed by atoms with E-state index in [9.17, 15) is 24.0 Å². The molecule has 3 aromatic rings. The zero-order valence-corrected chi connectivity index (χ0v) is 20.8. The summed E-state index contributed by atoms with van der Waals surface area (Å²) in [6.07, 6.45) is -0.0910. The lowest BCUT2D eigenvalue weighted by Gasteiger charge is -2.16. The van der Waals surface area contributed by atoms with E-state index in [2.05, 4.69) is 5.10 Å². The molecule has 0 aliphatic rings. The Kier molecular flexibility index (Phi) is 8.98. The van der Waals surface area contributed by atoms with Crippen LogP contribution >= 0.6 is 11.6 Å². The van der Waals surface area contributed by atoms with E-state index in [1.165, 1.54) is 24.3 Å². The summed E-state index contributed by atoms with van der Waals surface area (Å²) in [5.74, 6) is -2.30. The number of nitriles is 1. The lowest BCUT2D eigenvalue weighted by atomic mass is 9.99. The van der Waals surface area contributed by atoms with E-state index in [0.717, 1.165) is 4.68 Å². The quantitative estimate of drug-likeness (QED) is 0.380. The lowest BCUT2D eigenvalue weighted by molar-refractivity contribution is -0.151. The molecule has 0 atom stereocenters. The number of carbonyl (C=O) groups excluding carboxylic acids is 1. The molecule has 0 saturated carbocycles. The average molecular weight is 528 g/mol. The van der Waals surface area contributed by atoms with Gasteiger partial charge in [-0.3, -0.25) is 14.4 Å². The molecule has 1 aromatic heterocycles. The maximum absolute atomic E-state index is 14.8. The smallest absolute Gasteiger partial charge is 0.308 e. The molecule has 3 rings (SSSR count). The van der Waals surface area contributed by atoms with Crippen LogP contribution < -0.4 is 10.3 Å². The highest BCUT2D eigenvalue weighted by molar-refractivity contribution is 6.30. The molecule has 0 amide bonds. The van der Waals surface area contributed by atoms with Crippen LogP contribution in [-0.2, 0) is 33.9 Å². The van der Waals surface area contributed by atoms with Gasteiger partial charge in [0.05, 0.1) is 30.2 Å². The molecular formula is C26H23ClFN3O6. The second-order valence-corrected chi connectivity index (χ2v) is 8.53. The molecule has 37 heavy (non-hydrogen) atoms. The van der Waals surface area contributed by atoms with Gasteiger partial charge in [-0.2, -0.15) is 15.0 Å². The second-order valence-electron chi connectivity index (χ2n) is 8.10. The van der Waals surface area contributed by atoms with Crippen molar-refractivity contribution in [1.82, 2.24) is 9.78 Å². The van der Waals surface area contributed by atoms with Crippen molar-refractivity contribution in [1.29, 1.82) is 5.26 Å². The Morgan fingerprint density at radius 3 is 2.65 bits per heavy atom. The number of aryl methyl sites for hydroxylation is 1. The highest BCUT2D eigenvalue weighted by Gasteiger charge is 2.17. The van der Waals surface area contributed by atoms with E-state index in [1.54, 1.807) is 19.1 Å². The van der Waals surface area contributed by atoms with Crippen molar-refractivity contribution in [2.24, 2.45) is 0 Å². The maximum Gasteiger partial charge on any atom is 0.308 e. The molecule has 0 fully saturated rings. The zero-order valence-electron chi connectivity index (χ0n) is 20.1. The van der Waals surface area contributed by atoms with E-state index < -0.39 is 30.0 Å². The maximum atomic E-state index is 14.8. The molecule has 0 bridgehead atoms. The molecule has 0 aliphatic heterocycles. The van der Waals surface area contributed by atoms with Crippen LogP contribution in [0, 0.1) is 24.1 Å². The molecule has 11 heteroatoms. The minimum Gasteiger partial charge on any atom is -0.481 e. The molecule has 9 nitrogen and oxygen atoms in total. The summed E-state index contributed by atoms with van der Waals surface area (Å²) in [6.45, 7) is 2.95. The second kappa shape index (κ2) is 12.1. The monoisotopic (exact) mass is 527 g/mol. The highest BCUT2D eigenvalue weighted by atomic mass is 35.5. The van der Waals surface area contributed by atoms with E-state index in [4.69, 9.17) is 26.2 Å². The average Bonchev–Trinajstić information content (AvgIpc) is 2.85. The minimum absolute atomic E-state index is 0.0106. The molecule has 0 saturated heterocycles. The summed E-state index contributed by atoms with van der Waals surface area (Å²) in [5.41, 5.74) is 1.87. The van der Waals surface area contributed by atoms with Crippen LogP contribution in [-0.4, -0.2) is 26.8 Å². The zero-order chi connectivity index (χ0) is 27.1. The highest BCUT2D eigenvalue weighted by Crippen LogP contribution is 2.33. The Labute approximate surface area is 216 Å². The summed E-state index contributed by atoms with van der Waals surface area (Å²) >= 11 is 6.05. The van der Waals surface area contributed by atoms with Gasteiger partial charge in [-0.15, -0.1) is 0 Å². The van der Waals surface area contributed by atoms with Gasteiger partial charge in [-0.05, 0) is 49.2 Å². The number of halogens is 2. The van der Waals surface area contributed by atoms with Crippen molar-refractivity contribution in [3.63, 3.8) is 0 Å². The molecule has 0 unspecified atom stereocenters. The number of esters is 1. The van der Waals surface area contributed by atoms with Gasteiger partial charge >= 0.3 is 11.9 Å². The van der Waals surface area contributed by atoms with E-state index in [-0.39, 0.29) is 41.3 Å². The Hall–Kier alpha value is -4.23. The van der Waals surface area contributed by atoms with Crippen LogP contribution in [0.4, 0.5) is 4.39 Å². The fourth-order valence-corrected chi connectivity index (χ4v) is 3.86. The van der Waals surface area contributed by atoms with Crippen molar-refractivity contribution in [3.05, 3.63) is 85.5 Å². The van der Waals surface area contributed by atoms with Crippen LogP contribution in [0.2, 0.25) is 5.02 Å². The van der Waals surface area contributed by atoms with Gasteiger partial charge < -0.3 is 14.6 Å². The molecule has 0 radical (unpaired) electrons. The predicted octanol–water partition coefficient (Wildman–Crippen LogP) is 4.53. The normalized spacial score (nSPS) is 10.6. The lowest BCUT2D eigenvalue weighted by Crippen LogP contribution is -2.28. The third-order valence-corrected chi connectivity index (χ3v) is 5.57. The molecule has 1 heterocycles. The number of rotatable bonds is 10. The van der Waals surface area contributed by atoms with Gasteiger partial charge in [0.25, 0.3) is 5.56 Å². The van der Waals surface area contributed by atoms with Crippen molar-refractivity contribution < 1.29 is 28.6 Å². The van der Waals surface area contributed by atoms with Gasteiger partial charge in [0.1, 0.15) is 5.75 Å². The first-order valence-electron chi connectivity index (χ1n) is 11.2. The van der Waals surface area contributed by atoms with E-state index in [1.807, 2.05) is 13.0 Å². The summed E-state index contributed by atoms with van der Waals surface area (Å²) < 4.78 is 26.6. The largest absolute Gasteiger partial charge is 0.481 e. The summed E-state index contributed by atoms with van der Waals surface area (Å²) in [7, 11) is 0. The first-order chi connectivity index (χ1) is 17.6. The number of nitrogens with zero attached hydrogens (tertiary/aromatic N) is 3. The topological polar surface area (TPSA) is 132 Å². The standard InChI is InChI=1S/C26H23ClFN3O6/c1-3-21-17(4-5-22(28)25(21)37-20-10-16(13-29)9-18(27)12-20)11-19-8-15(2)26(35)31(30-19)14-36-24(34)7-6-23(32)33/h4-5,8-10,12H,3,6-7,11,14H2,1-2H3,(H,32,33). The van der Waals surface area contributed by atoms with Crippen molar-refractivity contribution in [2.45, 2.75) is 46.3 Å². The van der Waals surface area contributed by atoms with Crippen LogP contribution in [0.1, 0.15) is 47.7 Å². The van der Waals surface area contributed by atoms with Gasteiger partial charge in [-0.25, -0.2) is 4.39 Å². The number of aliphatic carboxylic acids is 1. The first kappa shape index (κ1) is 27.4.